The molecule has 0 aliphatic heterocycles. The fourth-order valence-corrected chi connectivity index (χ4v) is 5.11. The molecule has 2 aromatic rings. The SMILES string of the molecule is COc1cc(C)c([C@@H](C)NC(=O)[C@H](C)N(c2ccc(Cl)c(Cl)c2)S(C)(=O)=O)cc1C(C)C. The van der Waals surface area contributed by atoms with Crippen LogP contribution in [-0.2, 0) is 14.8 Å². The normalized spacial score (nSPS) is 13.6. The van der Waals surface area contributed by atoms with Gasteiger partial charge in [0, 0.05) is 0 Å². The van der Waals surface area contributed by atoms with E-state index in [4.69, 9.17) is 27.9 Å². The largest absolute Gasteiger partial charge is 0.496 e. The molecule has 0 radical (unpaired) electrons. The van der Waals surface area contributed by atoms with Gasteiger partial charge in [-0.3, -0.25) is 9.10 Å². The number of ether oxygens (including phenoxy) is 1. The van der Waals surface area contributed by atoms with Gasteiger partial charge in [-0.15, -0.1) is 0 Å². The topological polar surface area (TPSA) is 75.7 Å². The molecule has 0 heterocycles. The number of hydrogen-bond donors (Lipinski definition) is 1. The van der Waals surface area contributed by atoms with Gasteiger partial charge in [0.2, 0.25) is 15.9 Å². The molecule has 1 N–H and O–H groups in total. The lowest BCUT2D eigenvalue weighted by molar-refractivity contribution is -0.122. The second kappa shape index (κ2) is 10.3. The summed E-state index contributed by atoms with van der Waals surface area (Å²) in [6, 6.07) is 7.08. The molecule has 176 valence electrons. The highest BCUT2D eigenvalue weighted by atomic mass is 35.5. The maximum Gasteiger partial charge on any atom is 0.244 e. The molecule has 1 amide bonds. The molecule has 2 aromatic carbocycles. The summed E-state index contributed by atoms with van der Waals surface area (Å²) in [6.07, 6.45) is 1.05. The van der Waals surface area contributed by atoms with Crippen LogP contribution in [-0.4, -0.2) is 33.7 Å². The summed E-state index contributed by atoms with van der Waals surface area (Å²) in [5.41, 5.74) is 3.21. The number of amides is 1. The molecular weight excluding hydrogens is 471 g/mol. The van der Waals surface area contributed by atoms with Gasteiger partial charge in [0.25, 0.3) is 0 Å². The third-order valence-electron chi connectivity index (χ3n) is 5.31. The van der Waals surface area contributed by atoms with Crippen LogP contribution in [0.2, 0.25) is 10.0 Å². The van der Waals surface area contributed by atoms with E-state index in [0.717, 1.165) is 33.0 Å². The molecule has 0 saturated heterocycles. The number of sulfonamides is 1. The highest BCUT2D eigenvalue weighted by molar-refractivity contribution is 7.92. The van der Waals surface area contributed by atoms with Gasteiger partial charge in [-0.25, -0.2) is 8.42 Å². The number of rotatable bonds is 8. The second-order valence-corrected chi connectivity index (χ2v) is 10.8. The Morgan fingerprint density at radius 2 is 1.66 bits per heavy atom. The zero-order valence-corrected chi connectivity index (χ0v) is 21.7. The minimum atomic E-state index is -3.77. The molecule has 9 heteroatoms. The Morgan fingerprint density at radius 1 is 1.03 bits per heavy atom. The van der Waals surface area contributed by atoms with E-state index in [1.807, 2.05) is 26.0 Å². The second-order valence-electron chi connectivity index (χ2n) is 8.17. The number of carbonyl (C=O) groups excluding carboxylic acids is 1. The summed E-state index contributed by atoms with van der Waals surface area (Å²) in [6.45, 7) is 9.50. The van der Waals surface area contributed by atoms with E-state index in [0.29, 0.717) is 5.02 Å². The van der Waals surface area contributed by atoms with Crippen LogP contribution in [0.25, 0.3) is 0 Å². The van der Waals surface area contributed by atoms with Gasteiger partial charge in [-0.1, -0.05) is 37.0 Å². The first-order chi connectivity index (χ1) is 14.8. The zero-order chi connectivity index (χ0) is 24.4. The van der Waals surface area contributed by atoms with Crippen molar-refractivity contribution in [3.63, 3.8) is 0 Å². The van der Waals surface area contributed by atoms with Crippen molar-refractivity contribution < 1.29 is 17.9 Å². The minimum Gasteiger partial charge on any atom is -0.496 e. The molecule has 0 fully saturated rings. The Morgan fingerprint density at radius 3 is 2.16 bits per heavy atom. The van der Waals surface area contributed by atoms with E-state index >= 15 is 0 Å². The van der Waals surface area contributed by atoms with Crippen LogP contribution in [0.4, 0.5) is 5.69 Å². The minimum absolute atomic E-state index is 0.203. The number of nitrogens with zero attached hydrogens (tertiary/aromatic N) is 1. The van der Waals surface area contributed by atoms with Crippen molar-refractivity contribution in [2.24, 2.45) is 0 Å². The van der Waals surface area contributed by atoms with Gasteiger partial charge in [0.15, 0.2) is 0 Å². The quantitative estimate of drug-likeness (QED) is 0.521. The number of benzene rings is 2. The molecule has 0 aromatic heterocycles. The van der Waals surface area contributed by atoms with Gasteiger partial charge in [0.05, 0.1) is 35.1 Å². The first kappa shape index (κ1) is 26.3. The van der Waals surface area contributed by atoms with Crippen LogP contribution in [0.3, 0.4) is 0 Å². The molecule has 32 heavy (non-hydrogen) atoms. The van der Waals surface area contributed by atoms with Crippen LogP contribution in [0, 0.1) is 6.92 Å². The predicted molar refractivity (Wildman–Crippen MR) is 132 cm³/mol. The van der Waals surface area contributed by atoms with Crippen molar-refractivity contribution in [2.45, 2.75) is 52.6 Å². The summed E-state index contributed by atoms with van der Waals surface area (Å²) in [5, 5.41) is 3.44. The van der Waals surface area contributed by atoms with Crippen LogP contribution < -0.4 is 14.4 Å². The lowest BCUT2D eigenvalue weighted by Gasteiger charge is -2.30. The van der Waals surface area contributed by atoms with Crippen LogP contribution >= 0.6 is 23.2 Å². The summed E-state index contributed by atoms with van der Waals surface area (Å²) < 4.78 is 31.6. The Bertz CT molecular complexity index is 1100. The molecule has 0 unspecified atom stereocenters. The summed E-state index contributed by atoms with van der Waals surface area (Å²) in [5.74, 6) is 0.604. The maximum atomic E-state index is 13.1. The fourth-order valence-electron chi connectivity index (χ4n) is 3.65. The fraction of sp³-hybridized carbons (Fsp3) is 0.435. The van der Waals surface area contributed by atoms with Gasteiger partial charge in [0.1, 0.15) is 11.8 Å². The molecular formula is C23H30Cl2N2O4S. The Hall–Kier alpha value is -1.96. The van der Waals surface area contributed by atoms with Crippen molar-refractivity contribution in [3.05, 3.63) is 57.1 Å². The third-order valence-corrected chi connectivity index (χ3v) is 7.29. The Kier molecular flexibility index (Phi) is 8.48. The molecule has 2 rings (SSSR count). The number of carbonyl (C=O) groups is 1. The van der Waals surface area contributed by atoms with Crippen LogP contribution in [0.5, 0.6) is 5.75 Å². The van der Waals surface area contributed by atoms with Crippen LogP contribution in [0.1, 0.15) is 56.3 Å². The summed E-state index contributed by atoms with van der Waals surface area (Å²) in [4.78, 5) is 13.1. The Labute approximate surface area is 200 Å². The summed E-state index contributed by atoms with van der Waals surface area (Å²) >= 11 is 12.0. The van der Waals surface area contributed by atoms with Crippen molar-refractivity contribution in [1.82, 2.24) is 5.32 Å². The standard InChI is InChI=1S/C23H30Cl2N2O4S/c1-13(2)18-12-19(14(3)10-22(18)31-6)15(4)26-23(28)16(5)27(32(7,29)30)17-8-9-20(24)21(25)11-17/h8-13,15-16H,1-7H3,(H,26,28)/t15-,16+/m1/s1. The number of methoxy groups -OCH3 is 1. The highest BCUT2D eigenvalue weighted by Gasteiger charge is 2.30. The number of halogens is 2. The molecule has 0 aliphatic rings. The monoisotopic (exact) mass is 500 g/mol. The molecule has 0 spiro atoms. The van der Waals surface area contributed by atoms with E-state index in [1.165, 1.54) is 25.1 Å². The maximum absolute atomic E-state index is 13.1. The predicted octanol–water partition coefficient (Wildman–Crippen LogP) is 5.47. The molecule has 2 atom stereocenters. The average molecular weight is 501 g/mol. The zero-order valence-electron chi connectivity index (χ0n) is 19.4. The van der Waals surface area contributed by atoms with Crippen molar-refractivity contribution in [1.29, 1.82) is 0 Å². The van der Waals surface area contributed by atoms with E-state index in [9.17, 15) is 13.2 Å². The molecule has 0 bridgehead atoms. The smallest absolute Gasteiger partial charge is 0.244 e. The lowest BCUT2D eigenvalue weighted by atomic mass is 9.93. The summed E-state index contributed by atoms with van der Waals surface area (Å²) in [7, 11) is -2.14. The highest BCUT2D eigenvalue weighted by Crippen LogP contribution is 2.33. The Balaban J connectivity index is 2.35. The van der Waals surface area contributed by atoms with Crippen molar-refractivity contribution in [2.75, 3.05) is 17.7 Å². The van der Waals surface area contributed by atoms with Crippen molar-refractivity contribution >= 4 is 44.8 Å². The number of anilines is 1. The molecule has 0 saturated carbocycles. The van der Waals surface area contributed by atoms with Gasteiger partial charge < -0.3 is 10.1 Å². The van der Waals surface area contributed by atoms with E-state index < -0.39 is 22.0 Å². The van der Waals surface area contributed by atoms with E-state index in [-0.39, 0.29) is 22.7 Å². The lowest BCUT2D eigenvalue weighted by Crippen LogP contribution is -2.48. The van der Waals surface area contributed by atoms with Crippen LogP contribution in [0.15, 0.2) is 30.3 Å². The molecule has 6 nitrogen and oxygen atoms in total. The van der Waals surface area contributed by atoms with E-state index in [1.54, 1.807) is 7.11 Å². The van der Waals surface area contributed by atoms with E-state index in [2.05, 4.69) is 19.2 Å². The number of hydrogen-bond acceptors (Lipinski definition) is 4. The van der Waals surface area contributed by atoms with Gasteiger partial charge >= 0.3 is 0 Å². The van der Waals surface area contributed by atoms with Crippen molar-refractivity contribution in [3.8, 4) is 5.75 Å². The van der Waals surface area contributed by atoms with Gasteiger partial charge in [-0.05, 0) is 73.7 Å². The molecule has 0 aliphatic carbocycles. The number of nitrogens with one attached hydrogen (secondary N) is 1. The average Bonchev–Trinajstić information content (AvgIpc) is 2.68. The van der Waals surface area contributed by atoms with Gasteiger partial charge in [-0.2, -0.15) is 0 Å². The third kappa shape index (κ3) is 5.88. The first-order valence-corrected chi connectivity index (χ1v) is 12.8. The first-order valence-electron chi connectivity index (χ1n) is 10.2. The number of aryl methyl sites for hydroxylation is 1.